The third kappa shape index (κ3) is 15.2. The molecular formula is C66H48F3N15O6S3. The van der Waals surface area contributed by atoms with Crippen LogP contribution in [0.2, 0.25) is 0 Å². The fourth-order valence-electron chi connectivity index (χ4n) is 9.80. The number of halogens is 3. The third-order valence-corrected chi connectivity index (χ3v) is 16.7. The summed E-state index contributed by atoms with van der Waals surface area (Å²) < 4.78 is 57.7. The van der Waals surface area contributed by atoms with Crippen molar-refractivity contribution in [3.63, 3.8) is 0 Å². The summed E-state index contributed by atoms with van der Waals surface area (Å²) in [4.78, 5) is 62.5. The van der Waals surface area contributed by atoms with Crippen molar-refractivity contribution in [1.82, 2.24) is 60.5 Å². The highest BCUT2D eigenvalue weighted by Gasteiger charge is 2.21. The number of fused-ring (bicyclic) bond motifs is 7. The summed E-state index contributed by atoms with van der Waals surface area (Å²) in [6.45, 7) is 0. The number of rotatable bonds is 15. The predicted molar refractivity (Wildman–Crippen MR) is 347 cm³/mol. The molecular weight excluding hydrogens is 1250 g/mol. The minimum absolute atomic E-state index is 0.152. The van der Waals surface area contributed by atoms with E-state index in [2.05, 4.69) is 76.4 Å². The van der Waals surface area contributed by atoms with Gasteiger partial charge in [0.2, 0.25) is 33.2 Å². The first-order chi connectivity index (χ1) is 45.4. The summed E-state index contributed by atoms with van der Waals surface area (Å²) in [6, 6.07) is 40.8. The molecule has 9 heterocycles. The van der Waals surface area contributed by atoms with Gasteiger partial charge in [0.1, 0.15) is 51.6 Å². The largest absolute Gasteiger partial charge is 0.457 e. The molecule has 6 aromatic carbocycles. The number of aromatic nitrogens is 12. The molecule has 27 heteroatoms. The average molecular weight is 1300 g/mol. The molecule has 2 aliphatic rings. The number of amides is 3. The van der Waals surface area contributed by atoms with Crippen LogP contribution in [0.5, 0.6) is 23.0 Å². The van der Waals surface area contributed by atoms with Gasteiger partial charge in [-0.25, -0.2) is 28.1 Å². The number of ether oxygens (including phenoxy) is 2. The Balaban J connectivity index is 0.000000127. The number of benzene rings is 6. The molecule has 6 N–H and O–H groups in total. The molecule has 0 saturated heterocycles. The fraction of sp³-hybridized carbons (Fsp3) is 0.0909. The minimum atomic E-state index is -0.356. The molecule has 0 unspecified atom stereocenters. The van der Waals surface area contributed by atoms with Gasteiger partial charge in [0, 0.05) is 112 Å². The van der Waals surface area contributed by atoms with E-state index >= 15 is 0 Å². The van der Waals surface area contributed by atoms with E-state index in [1.165, 1.54) is 71.7 Å². The SMILES string of the molecule is O=C(CSc1n[nH]c(-c2cccnc2)n1)Nc1ccc2c(c1)CCc1ccc(F)cc1O2.O=C(CSc1n[nH]c(-c2cccnc2)n1)Nc1ccc2c(c1)Cc1ccc(F)cc1O2.O=C(CSc1n[nH]c(-c2cccnc2)n1)Nc1ccc2oc3cc(F)ccc3c2c1. The Labute approximate surface area is 538 Å². The van der Waals surface area contributed by atoms with E-state index in [1.54, 1.807) is 91.8 Å². The number of carbonyl (C=O) groups excluding carboxylic acids is 3. The zero-order chi connectivity index (χ0) is 63.6. The second kappa shape index (κ2) is 27.9. The number of nitrogens with zero attached hydrogens (tertiary/aromatic N) is 9. The summed E-state index contributed by atoms with van der Waals surface area (Å²) in [5, 5.41) is 32.6. The second-order valence-corrected chi connectivity index (χ2v) is 23.4. The number of hydrogen-bond acceptors (Lipinski definition) is 18. The molecule has 13 aromatic rings. The second-order valence-electron chi connectivity index (χ2n) is 20.6. The molecule has 0 radical (unpaired) electrons. The smallest absolute Gasteiger partial charge is 0.234 e. The predicted octanol–water partition coefficient (Wildman–Crippen LogP) is 13.7. The molecule has 0 bridgehead atoms. The van der Waals surface area contributed by atoms with Crippen LogP contribution in [-0.2, 0) is 33.6 Å². The van der Waals surface area contributed by atoms with Gasteiger partial charge in [-0.1, -0.05) is 47.4 Å². The molecule has 0 atom stereocenters. The van der Waals surface area contributed by atoms with Gasteiger partial charge in [0.05, 0.1) is 17.3 Å². The summed E-state index contributed by atoms with van der Waals surface area (Å²) in [5.74, 6) is 3.15. The standard InChI is InChI=1S/C23H18FN5O2S.C22H16FN5O2S.C21H14FN5O2S/c24-17-6-5-14-3-4-15-10-18(7-8-19(15)31-20(14)11-17)26-21(30)13-32-23-27-22(28-29-23)16-2-1-9-25-12-16;23-16-4-3-13-8-15-9-17(5-6-18(15)30-19(13)10-16)25-20(29)12-31-22-26-21(27-28-22)14-2-1-7-24-11-14;22-13-3-5-15-16-9-14(4-6-17(16)29-18(15)8-13)24-19(28)11-30-21-25-20(26-27-21)12-2-1-7-23-10-12/h1-2,5-12H,3-4,13H2,(H,26,30)(H,27,28,29);1-7,9-11H,8,12H2,(H,25,29)(H,26,27,28);1-10H,11H2,(H,24,28)(H,25,26,27). The van der Waals surface area contributed by atoms with Crippen molar-refractivity contribution in [3.05, 3.63) is 222 Å². The molecule has 2 aliphatic heterocycles. The van der Waals surface area contributed by atoms with Gasteiger partial charge in [0.15, 0.2) is 17.5 Å². The van der Waals surface area contributed by atoms with Crippen LogP contribution in [0.4, 0.5) is 30.2 Å². The van der Waals surface area contributed by atoms with Gasteiger partial charge >= 0.3 is 0 Å². The van der Waals surface area contributed by atoms with Crippen LogP contribution in [0.25, 0.3) is 56.1 Å². The van der Waals surface area contributed by atoms with E-state index < -0.39 is 0 Å². The molecule has 462 valence electrons. The van der Waals surface area contributed by atoms with Crippen molar-refractivity contribution in [2.45, 2.75) is 34.7 Å². The van der Waals surface area contributed by atoms with Crippen LogP contribution in [0.15, 0.2) is 203 Å². The number of carbonyl (C=O) groups is 3. The van der Waals surface area contributed by atoms with Crippen LogP contribution in [0.3, 0.4) is 0 Å². The van der Waals surface area contributed by atoms with E-state index in [1.807, 2.05) is 54.6 Å². The van der Waals surface area contributed by atoms with Crippen LogP contribution in [0.1, 0.15) is 22.3 Å². The maximum atomic E-state index is 13.6. The Morgan fingerprint density at radius 2 is 0.871 bits per heavy atom. The molecule has 3 amide bonds. The number of H-pyrrole nitrogens is 3. The summed E-state index contributed by atoms with van der Waals surface area (Å²) >= 11 is 3.71. The van der Waals surface area contributed by atoms with Gasteiger partial charge < -0.3 is 29.8 Å². The highest BCUT2D eigenvalue weighted by molar-refractivity contribution is 8.00. The Morgan fingerprint density at radius 3 is 1.39 bits per heavy atom. The van der Waals surface area contributed by atoms with Crippen LogP contribution in [0, 0.1) is 17.5 Å². The van der Waals surface area contributed by atoms with Crippen molar-refractivity contribution < 1.29 is 41.4 Å². The Hall–Kier alpha value is -11.2. The summed E-state index contributed by atoms with van der Waals surface area (Å²) in [7, 11) is 0. The Morgan fingerprint density at radius 1 is 0.430 bits per heavy atom. The van der Waals surface area contributed by atoms with E-state index in [0.717, 1.165) is 62.6 Å². The van der Waals surface area contributed by atoms with Gasteiger partial charge in [-0.2, -0.15) is 0 Å². The van der Waals surface area contributed by atoms with E-state index in [9.17, 15) is 27.6 Å². The van der Waals surface area contributed by atoms with Crippen LogP contribution >= 0.6 is 35.3 Å². The molecule has 0 fully saturated rings. The van der Waals surface area contributed by atoms with Gasteiger partial charge in [-0.3, -0.25) is 44.6 Å². The first-order valence-corrected chi connectivity index (χ1v) is 31.5. The summed E-state index contributed by atoms with van der Waals surface area (Å²) in [5.41, 5.74) is 9.31. The summed E-state index contributed by atoms with van der Waals surface area (Å²) in [6.07, 6.45) is 12.2. The monoisotopic (exact) mass is 1300 g/mol. The lowest BCUT2D eigenvalue weighted by Crippen LogP contribution is -2.14. The highest BCUT2D eigenvalue weighted by atomic mass is 32.2. The molecule has 21 nitrogen and oxygen atoms in total. The first kappa shape index (κ1) is 60.7. The van der Waals surface area contributed by atoms with E-state index in [0.29, 0.717) is 90.6 Å². The lowest BCUT2D eigenvalue weighted by atomic mass is 10.00. The third-order valence-electron chi connectivity index (χ3n) is 14.1. The first-order valence-electron chi connectivity index (χ1n) is 28.5. The van der Waals surface area contributed by atoms with E-state index in [-0.39, 0.29) is 52.4 Å². The number of hydrogen-bond donors (Lipinski definition) is 6. The fourth-order valence-corrected chi connectivity index (χ4v) is 11.6. The zero-order valence-electron chi connectivity index (χ0n) is 48.4. The highest BCUT2D eigenvalue weighted by Crippen LogP contribution is 2.39. The van der Waals surface area contributed by atoms with Gasteiger partial charge in [-0.15, -0.1) is 15.3 Å². The number of pyridine rings is 3. The van der Waals surface area contributed by atoms with Crippen molar-refractivity contribution in [2.75, 3.05) is 33.2 Å². The van der Waals surface area contributed by atoms with Crippen molar-refractivity contribution in [2.24, 2.45) is 0 Å². The van der Waals surface area contributed by atoms with Crippen LogP contribution in [-0.4, -0.2) is 95.5 Å². The number of nitrogens with one attached hydrogen (secondary N) is 6. The van der Waals surface area contributed by atoms with Crippen molar-refractivity contribution in [3.8, 4) is 57.2 Å². The number of aryl methyl sites for hydroxylation is 2. The topological polar surface area (TPSA) is 282 Å². The molecule has 93 heavy (non-hydrogen) atoms. The van der Waals surface area contributed by atoms with Crippen molar-refractivity contribution in [1.29, 1.82) is 0 Å². The molecule has 15 rings (SSSR count). The van der Waals surface area contributed by atoms with E-state index in [4.69, 9.17) is 13.9 Å². The van der Waals surface area contributed by atoms with Crippen LogP contribution < -0.4 is 25.4 Å². The molecule has 0 saturated carbocycles. The molecule has 0 spiro atoms. The van der Waals surface area contributed by atoms with Gasteiger partial charge in [-0.05, 0) is 145 Å². The Kier molecular flexibility index (Phi) is 18.2. The quantitative estimate of drug-likeness (QED) is 0.0520. The van der Waals surface area contributed by atoms with Crippen molar-refractivity contribution >= 4 is 92.0 Å². The maximum absolute atomic E-state index is 13.6. The average Bonchev–Trinajstić information content (AvgIpc) is 1.81. The number of thioether (sulfide) groups is 3. The normalized spacial score (nSPS) is 11.8. The molecule has 7 aromatic heterocycles. The minimum Gasteiger partial charge on any atom is -0.457 e. The zero-order valence-corrected chi connectivity index (χ0v) is 50.8. The number of aromatic amines is 3. The van der Waals surface area contributed by atoms with Gasteiger partial charge in [0.25, 0.3) is 0 Å². The number of furan rings is 1. The maximum Gasteiger partial charge on any atom is 0.234 e. The molecule has 0 aliphatic carbocycles. The lowest BCUT2D eigenvalue weighted by molar-refractivity contribution is -0.114. The number of anilines is 3. The lowest BCUT2D eigenvalue weighted by Gasteiger charge is -2.21. The Bertz CT molecular complexity index is 4870.